The number of hydrogen-bond acceptors (Lipinski definition) is 2. The van der Waals surface area contributed by atoms with E-state index in [1.54, 1.807) is 0 Å². The number of rotatable bonds is 5. The molecule has 2 aromatic rings. The Labute approximate surface area is 136 Å². The van der Waals surface area contributed by atoms with E-state index < -0.39 is 0 Å². The van der Waals surface area contributed by atoms with Crippen LogP contribution in [0.2, 0.25) is 0 Å². The van der Waals surface area contributed by atoms with Crippen molar-refractivity contribution in [1.82, 2.24) is 0 Å². The van der Waals surface area contributed by atoms with Gasteiger partial charge in [0.15, 0.2) is 0 Å². The lowest BCUT2D eigenvalue weighted by molar-refractivity contribution is 0.341. The summed E-state index contributed by atoms with van der Waals surface area (Å²) < 4.78 is 7.79. The number of hydrogen-bond donors (Lipinski definition) is 1. The van der Waals surface area contributed by atoms with E-state index in [-0.39, 0.29) is 6.04 Å². The molecule has 4 heteroatoms. The van der Waals surface area contributed by atoms with Gasteiger partial charge in [0.1, 0.15) is 5.75 Å². The van der Waals surface area contributed by atoms with Crippen molar-refractivity contribution in [1.29, 1.82) is 0 Å². The Bertz CT molecular complexity index is 586. The maximum absolute atomic E-state index is 5.64. The van der Waals surface area contributed by atoms with Crippen LogP contribution in [0, 0.1) is 0 Å². The fourth-order valence-corrected chi connectivity index (χ4v) is 3.42. The molecule has 0 saturated heterocycles. The highest BCUT2D eigenvalue weighted by Gasteiger charge is 2.11. The van der Waals surface area contributed by atoms with Crippen LogP contribution >= 0.6 is 31.9 Å². The van der Waals surface area contributed by atoms with Crippen molar-refractivity contribution in [3.8, 4) is 5.75 Å². The van der Waals surface area contributed by atoms with Gasteiger partial charge in [-0.25, -0.2) is 0 Å². The van der Waals surface area contributed by atoms with E-state index in [9.17, 15) is 0 Å². The van der Waals surface area contributed by atoms with Crippen molar-refractivity contribution >= 4 is 37.5 Å². The number of benzene rings is 2. The monoisotopic (exact) mass is 397 g/mol. The molecular formula is C16H17Br2NO. The maximum atomic E-state index is 5.64. The zero-order chi connectivity index (χ0) is 14.5. The molecule has 1 N–H and O–H groups in total. The summed E-state index contributed by atoms with van der Waals surface area (Å²) in [6.45, 7) is 4.79. The maximum Gasteiger partial charge on any atom is 0.142 e. The van der Waals surface area contributed by atoms with Gasteiger partial charge in [-0.05, 0) is 43.7 Å². The Kier molecular flexibility index (Phi) is 5.49. The van der Waals surface area contributed by atoms with Crippen LogP contribution in [0.3, 0.4) is 0 Å². The summed E-state index contributed by atoms with van der Waals surface area (Å²) in [4.78, 5) is 0. The standard InChI is InChI=1S/C16H17Br2NO/c1-3-20-16-7-5-4-6-15(16)19-11(2)13-9-8-12(17)10-14(13)18/h4-11,19H,3H2,1-2H3. The number of anilines is 1. The van der Waals surface area contributed by atoms with Gasteiger partial charge in [0.25, 0.3) is 0 Å². The van der Waals surface area contributed by atoms with Crippen molar-refractivity contribution in [3.05, 3.63) is 57.0 Å². The topological polar surface area (TPSA) is 21.3 Å². The van der Waals surface area contributed by atoms with Gasteiger partial charge in [-0.3, -0.25) is 0 Å². The molecule has 106 valence electrons. The summed E-state index contributed by atoms with van der Waals surface area (Å²) in [6.07, 6.45) is 0. The lowest BCUT2D eigenvalue weighted by Gasteiger charge is -2.19. The number of ether oxygens (including phenoxy) is 1. The first-order chi connectivity index (χ1) is 9.61. The van der Waals surface area contributed by atoms with Gasteiger partial charge in [0.05, 0.1) is 12.3 Å². The largest absolute Gasteiger partial charge is 0.492 e. The molecule has 0 aromatic heterocycles. The molecule has 1 atom stereocenters. The van der Waals surface area contributed by atoms with Crippen LogP contribution in [0.15, 0.2) is 51.4 Å². The summed E-state index contributed by atoms with van der Waals surface area (Å²) in [5.41, 5.74) is 2.22. The highest BCUT2D eigenvalue weighted by molar-refractivity contribution is 9.11. The number of halogens is 2. The molecule has 0 amide bonds. The summed E-state index contributed by atoms with van der Waals surface area (Å²) in [5.74, 6) is 0.884. The molecule has 0 aliphatic carbocycles. The summed E-state index contributed by atoms with van der Waals surface area (Å²) in [7, 11) is 0. The quantitative estimate of drug-likeness (QED) is 0.688. The minimum absolute atomic E-state index is 0.180. The summed E-state index contributed by atoms with van der Waals surface area (Å²) >= 11 is 7.08. The van der Waals surface area contributed by atoms with Crippen LogP contribution in [0.4, 0.5) is 5.69 Å². The second-order valence-electron chi connectivity index (χ2n) is 4.46. The predicted octanol–water partition coefficient (Wildman–Crippen LogP) is 5.78. The molecule has 0 spiro atoms. The highest BCUT2D eigenvalue weighted by atomic mass is 79.9. The molecule has 0 fully saturated rings. The lowest BCUT2D eigenvalue weighted by Crippen LogP contribution is -2.08. The van der Waals surface area contributed by atoms with Crippen molar-refractivity contribution in [2.24, 2.45) is 0 Å². The smallest absolute Gasteiger partial charge is 0.142 e. The number of para-hydroxylation sites is 2. The van der Waals surface area contributed by atoms with Gasteiger partial charge >= 0.3 is 0 Å². The molecule has 0 bridgehead atoms. The first kappa shape index (κ1) is 15.4. The molecular weight excluding hydrogens is 382 g/mol. The summed E-state index contributed by atoms with van der Waals surface area (Å²) in [5, 5.41) is 3.50. The molecule has 0 aliphatic heterocycles. The van der Waals surface area contributed by atoms with E-state index in [0.717, 1.165) is 20.4 Å². The van der Waals surface area contributed by atoms with Crippen molar-refractivity contribution in [3.63, 3.8) is 0 Å². The Balaban J connectivity index is 2.21. The molecule has 0 radical (unpaired) electrons. The van der Waals surface area contributed by atoms with Gasteiger partial charge in [0.2, 0.25) is 0 Å². The SMILES string of the molecule is CCOc1ccccc1NC(C)c1ccc(Br)cc1Br. The highest BCUT2D eigenvalue weighted by Crippen LogP contribution is 2.32. The van der Waals surface area contributed by atoms with Gasteiger partial charge in [-0.15, -0.1) is 0 Å². The Morgan fingerprint density at radius 1 is 1.15 bits per heavy atom. The van der Waals surface area contributed by atoms with Crippen LogP contribution in [0.5, 0.6) is 5.75 Å². The van der Waals surface area contributed by atoms with Crippen LogP contribution in [0.25, 0.3) is 0 Å². The van der Waals surface area contributed by atoms with Crippen LogP contribution in [-0.2, 0) is 0 Å². The second kappa shape index (κ2) is 7.14. The molecule has 1 unspecified atom stereocenters. The molecule has 0 saturated carbocycles. The lowest BCUT2D eigenvalue weighted by atomic mass is 10.1. The molecule has 2 rings (SSSR count). The third-order valence-corrected chi connectivity index (χ3v) is 4.17. The van der Waals surface area contributed by atoms with E-state index >= 15 is 0 Å². The fraction of sp³-hybridized carbons (Fsp3) is 0.250. The van der Waals surface area contributed by atoms with Gasteiger partial charge < -0.3 is 10.1 Å². The van der Waals surface area contributed by atoms with E-state index in [0.29, 0.717) is 6.61 Å². The van der Waals surface area contributed by atoms with Crippen LogP contribution in [-0.4, -0.2) is 6.61 Å². The molecule has 2 nitrogen and oxygen atoms in total. The first-order valence-electron chi connectivity index (χ1n) is 6.55. The molecule has 2 aromatic carbocycles. The Morgan fingerprint density at radius 2 is 1.90 bits per heavy atom. The minimum Gasteiger partial charge on any atom is -0.492 e. The van der Waals surface area contributed by atoms with Crippen LogP contribution in [0.1, 0.15) is 25.5 Å². The van der Waals surface area contributed by atoms with Crippen molar-refractivity contribution in [2.75, 3.05) is 11.9 Å². The van der Waals surface area contributed by atoms with E-state index in [2.05, 4.69) is 56.2 Å². The number of nitrogens with one attached hydrogen (secondary N) is 1. The molecule has 0 aliphatic rings. The first-order valence-corrected chi connectivity index (χ1v) is 8.13. The van der Waals surface area contributed by atoms with Crippen molar-refractivity contribution < 1.29 is 4.74 Å². The molecule has 0 heterocycles. The normalized spacial score (nSPS) is 12.0. The molecule has 20 heavy (non-hydrogen) atoms. The van der Waals surface area contributed by atoms with E-state index in [4.69, 9.17) is 4.74 Å². The van der Waals surface area contributed by atoms with Gasteiger partial charge in [-0.2, -0.15) is 0 Å². The minimum atomic E-state index is 0.180. The zero-order valence-corrected chi connectivity index (χ0v) is 14.7. The Morgan fingerprint density at radius 3 is 2.60 bits per heavy atom. The van der Waals surface area contributed by atoms with Gasteiger partial charge in [0, 0.05) is 15.0 Å². The Hall–Kier alpha value is -1.000. The van der Waals surface area contributed by atoms with Gasteiger partial charge in [-0.1, -0.05) is 50.1 Å². The predicted molar refractivity (Wildman–Crippen MR) is 91.5 cm³/mol. The third-order valence-electron chi connectivity index (χ3n) is 2.99. The van der Waals surface area contributed by atoms with Crippen molar-refractivity contribution in [2.45, 2.75) is 19.9 Å². The third kappa shape index (κ3) is 3.76. The van der Waals surface area contributed by atoms with Crippen LogP contribution < -0.4 is 10.1 Å². The second-order valence-corrected chi connectivity index (χ2v) is 6.23. The van der Waals surface area contributed by atoms with E-state index in [1.807, 2.05) is 37.3 Å². The average Bonchev–Trinajstić information content (AvgIpc) is 2.41. The fourth-order valence-electron chi connectivity index (χ4n) is 2.03. The van der Waals surface area contributed by atoms with E-state index in [1.165, 1.54) is 5.56 Å². The average molecular weight is 399 g/mol. The zero-order valence-electron chi connectivity index (χ0n) is 11.5. The summed E-state index contributed by atoms with van der Waals surface area (Å²) in [6, 6.07) is 14.4.